The monoisotopic (exact) mass is 265 g/mol. The zero-order chi connectivity index (χ0) is 13.8. The topological polar surface area (TPSA) is 32.3 Å². The van der Waals surface area contributed by atoms with E-state index in [9.17, 15) is 22.7 Å². The minimum atomic E-state index is -4.39. The van der Waals surface area contributed by atoms with Crippen LogP contribution in [0.5, 0.6) is 0 Å². The van der Waals surface area contributed by atoms with Crippen molar-refractivity contribution in [2.45, 2.75) is 25.1 Å². The van der Waals surface area contributed by atoms with Gasteiger partial charge in [-0.05, 0) is 24.1 Å². The molecule has 0 bridgehead atoms. The van der Waals surface area contributed by atoms with Crippen LogP contribution in [0, 0.1) is 5.82 Å². The molecule has 1 atom stereocenters. The standard InChI is InChI=1S/C12H15F4NO/c1-2-11(8-18,17-7-12(14,15)16)9-4-3-5-10(13)6-9/h3-6,17-18H,2,7-8H2,1H3. The Bertz CT molecular complexity index is 388. The van der Waals surface area contributed by atoms with Gasteiger partial charge in [0.15, 0.2) is 0 Å². The van der Waals surface area contributed by atoms with Crippen LogP contribution in [0.3, 0.4) is 0 Å². The molecule has 2 nitrogen and oxygen atoms in total. The summed E-state index contributed by atoms with van der Waals surface area (Å²) in [5.74, 6) is -0.549. The maximum Gasteiger partial charge on any atom is 0.401 e. The van der Waals surface area contributed by atoms with E-state index in [-0.39, 0.29) is 6.42 Å². The maximum absolute atomic E-state index is 13.1. The third-order valence-electron chi connectivity index (χ3n) is 2.88. The Balaban J connectivity index is 2.99. The molecule has 0 saturated carbocycles. The van der Waals surface area contributed by atoms with Crippen LogP contribution in [0.4, 0.5) is 17.6 Å². The highest BCUT2D eigenvalue weighted by molar-refractivity contribution is 5.25. The Kier molecular flexibility index (Phi) is 4.70. The number of nitrogens with one attached hydrogen (secondary N) is 1. The number of benzene rings is 1. The SMILES string of the molecule is CCC(CO)(NCC(F)(F)F)c1cccc(F)c1. The average molecular weight is 265 g/mol. The van der Waals surface area contributed by atoms with Gasteiger partial charge in [-0.3, -0.25) is 5.32 Å². The molecule has 0 amide bonds. The molecule has 1 rings (SSSR count). The van der Waals surface area contributed by atoms with E-state index in [2.05, 4.69) is 5.32 Å². The highest BCUT2D eigenvalue weighted by Gasteiger charge is 2.35. The van der Waals surface area contributed by atoms with Gasteiger partial charge in [-0.1, -0.05) is 19.1 Å². The van der Waals surface area contributed by atoms with Gasteiger partial charge >= 0.3 is 6.18 Å². The molecule has 102 valence electrons. The van der Waals surface area contributed by atoms with Crippen molar-refractivity contribution in [3.05, 3.63) is 35.6 Å². The molecule has 0 radical (unpaired) electrons. The lowest BCUT2D eigenvalue weighted by molar-refractivity contribution is -0.130. The van der Waals surface area contributed by atoms with Crippen molar-refractivity contribution in [1.82, 2.24) is 5.32 Å². The number of halogens is 4. The van der Waals surface area contributed by atoms with E-state index in [4.69, 9.17) is 0 Å². The van der Waals surface area contributed by atoms with Crippen molar-refractivity contribution in [1.29, 1.82) is 0 Å². The quantitative estimate of drug-likeness (QED) is 0.802. The second kappa shape index (κ2) is 5.67. The fourth-order valence-corrected chi connectivity index (χ4v) is 1.75. The van der Waals surface area contributed by atoms with Crippen LogP contribution < -0.4 is 5.32 Å². The van der Waals surface area contributed by atoms with E-state index < -0.39 is 30.7 Å². The second-order valence-electron chi connectivity index (χ2n) is 4.07. The molecule has 0 spiro atoms. The van der Waals surface area contributed by atoms with Gasteiger partial charge in [-0.15, -0.1) is 0 Å². The fourth-order valence-electron chi connectivity index (χ4n) is 1.75. The molecule has 2 N–H and O–H groups in total. The molecule has 6 heteroatoms. The molecule has 1 aromatic carbocycles. The lowest BCUT2D eigenvalue weighted by atomic mass is 9.88. The molecule has 1 aromatic rings. The van der Waals surface area contributed by atoms with Gasteiger partial charge in [0.05, 0.1) is 18.7 Å². The second-order valence-corrected chi connectivity index (χ2v) is 4.07. The van der Waals surface area contributed by atoms with Gasteiger partial charge in [-0.25, -0.2) is 4.39 Å². The summed E-state index contributed by atoms with van der Waals surface area (Å²) in [5.41, 5.74) is -0.978. The van der Waals surface area contributed by atoms with Gasteiger partial charge in [0, 0.05) is 0 Å². The molecule has 1 unspecified atom stereocenters. The Morgan fingerprint density at radius 3 is 2.39 bits per heavy atom. The summed E-state index contributed by atoms with van der Waals surface area (Å²) in [6, 6.07) is 5.22. The first-order valence-corrected chi connectivity index (χ1v) is 5.51. The molecule has 0 heterocycles. The molecule has 18 heavy (non-hydrogen) atoms. The van der Waals surface area contributed by atoms with E-state index in [0.29, 0.717) is 5.56 Å². The average Bonchev–Trinajstić information content (AvgIpc) is 2.30. The minimum absolute atomic E-state index is 0.211. The van der Waals surface area contributed by atoms with E-state index in [0.717, 1.165) is 6.07 Å². The largest absolute Gasteiger partial charge is 0.401 e. The summed E-state index contributed by atoms with van der Waals surface area (Å²) in [5, 5.41) is 11.6. The summed E-state index contributed by atoms with van der Waals surface area (Å²) >= 11 is 0. The van der Waals surface area contributed by atoms with E-state index >= 15 is 0 Å². The lowest BCUT2D eigenvalue weighted by Crippen LogP contribution is -2.48. The lowest BCUT2D eigenvalue weighted by Gasteiger charge is -2.33. The van der Waals surface area contributed by atoms with Gasteiger partial charge in [0.2, 0.25) is 0 Å². The van der Waals surface area contributed by atoms with E-state index in [1.54, 1.807) is 6.92 Å². The van der Waals surface area contributed by atoms with Crippen LogP contribution in [0.1, 0.15) is 18.9 Å². The first kappa shape index (κ1) is 14.9. The van der Waals surface area contributed by atoms with Crippen molar-refractivity contribution in [3.8, 4) is 0 Å². The predicted octanol–water partition coefficient (Wildman–Crippen LogP) is 2.58. The number of hydrogen-bond acceptors (Lipinski definition) is 2. The Hall–Kier alpha value is -1.14. The maximum atomic E-state index is 13.1. The molecule has 0 aliphatic carbocycles. The summed E-state index contributed by atoms with van der Waals surface area (Å²) in [7, 11) is 0. The molecule has 0 saturated heterocycles. The molecule has 0 aliphatic heterocycles. The Morgan fingerprint density at radius 1 is 1.28 bits per heavy atom. The first-order chi connectivity index (χ1) is 8.33. The molecular weight excluding hydrogens is 250 g/mol. The van der Waals surface area contributed by atoms with Gasteiger partial charge in [0.25, 0.3) is 0 Å². The summed E-state index contributed by atoms with van der Waals surface area (Å²) in [6.45, 7) is -0.147. The summed E-state index contributed by atoms with van der Waals surface area (Å²) < 4.78 is 49.8. The summed E-state index contributed by atoms with van der Waals surface area (Å²) in [4.78, 5) is 0. The zero-order valence-electron chi connectivity index (χ0n) is 9.89. The number of alkyl halides is 3. The molecule has 0 aromatic heterocycles. The van der Waals surface area contributed by atoms with Crippen LogP contribution in [0.15, 0.2) is 24.3 Å². The molecule has 0 fully saturated rings. The fraction of sp³-hybridized carbons (Fsp3) is 0.500. The third-order valence-corrected chi connectivity index (χ3v) is 2.88. The molecular formula is C12H15F4NO. The number of aliphatic hydroxyl groups is 1. The zero-order valence-corrected chi connectivity index (χ0v) is 9.89. The van der Waals surface area contributed by atoms with Crippen molar-refractivity contribution >= 4 is 0 Å². The molecule has 0 aliphatic rings. The smallest absolute Gasteiger partial charge is 0.394 e. The summed E-state index contributed by atoms with van der Waals surface area (Å²) in [6.07, 6.45) is -4.17. The number of aliphatic hydroxyl groups excluding tert-OH is 1. The van der Waals surface area contributed by atoms with Crippen LogP contribution in [0.25, 0.3) is 0 Å². The van der Waals surface area contributed by atoms with Crippen molar-refractivity contribution < 1.29 is 22.7 Å². The number of rotatable bonds is 5. The first-order valence-electron chi connectivity index (χ1n) is 5.51. The van der Waals surface area contributed by atoms with Crippen LogP contribution >= 0.6 is 0 Å². The highest BCUT2D eigenvalue weighted by Crippen LogP contribution is 2.26. The predicted molar refractivity (Wildman–Crippen MR) is 59.5 cm³/mol. The van der Waals surface area contributed by atoms with Crippen LogP contribution in [-0.4, -0.2) is 24.4 Å². The van der Waals surface area contributed by atoms with Crippen molar-refractivity contribution in [2.24, 2.45) is 0 Å². The third kappa shape index (κ3) is 3.68. The highest BCUT2D eigenvalue weighted by atomic mass is 19.4. The van der Waals surface area contributed by atoms with Crippen molar-refractivity contribution in [2.75, 3.05) is 13.2 Å². The van der Waals surface area contributed by atoms with Crippen LogP contribution in [-0.2, 0) is 5.54 Å². The Labute approximate surface area is 103 Å². The van der Waals surface area contributed by atoms with Crippen LogP contribution in [0.2, 0.25) is 0 Å². The Morgan fingerprint density at radius 2 is 1.94 bits per heavy atom. The van der Waals surface area contributed by atoms with Gasteiger partial charge in [-0.2, -0.15) is 13.2 Å². The minimum Gasteiger partial charge on any atom is -0.394 e. The van der Waals surface area contributed by atoms with Crippen molar-refractivity contribution in [3.63, 3.8) is 0 Å². The number of hydrogen-bond donors (Lipinski definition) is 2. The van der Waals surface area contributed by atoms with Gasteiger partial charge < -0.3 is 5.11 Å². The van der Waals surface area contributed by atoms with E-state index in [1.165, 1.54) is 18.2 Å². The van der Waals surface area contributed by atoms with Gasteiger partial charge in [0.1, 0.15) is 5.82 Å². The normalized spacial score (nSPS) is 15.4. The van der Waals surface area contributed by atoms with E-state index in [1.807, 2.05) is 0 Å².